The molecule has 2 rings (SSSR count). The minimum atomic E-state index is -0.210. The van der Waals surface area contributed by atoms with E-state index in [-0.39, 0.29) is 18.5 Å². The van der Waals surface area contributed by atoms with E-state index in [2.05, 4.69) is 0 Å². The molecule has 0 aliphatic carbocycles. The molecule has 4 nitrogen and oxygen atoms in total. The van der Waals surface area contributed by atoms with E-state index < -0.39 is 0 Å². The van der Waals surface area contributed by atoms with Gasteiger partial charge in [-0.15, -0.1) is 0 Å². The normalized spacial score (nSPS) is 19.9. The fourth-order valence-electron chi connectivity index (χ4n) is 2.59. The highest BCUT2D eigenvalue weighted by atomic mass is 19.1. The van der Waals surface area contributed by atoms with Crippen LogP contribution in [0.5, 0.6) is 0 Å². The molecule has 0 amide bonds. The molecule has 1 heterocycles. The Labute approximate surface area is 113 Å². The number of aliphatic hydroxyl groups is 1. The molecule has 0 aromatic heterocycles. The Morgan fingerprint density at radius 3 is 3.00 bits per heavy atom. The van der Waals surface area contributed by atoms with Crippen LogP contribution in [-0.4, -0.2) is 44.4 Å². The van der Waals surface area contributed by atoms with Gasteiger partial charge in [-0.3, -0.25) is 0 Å². The summed E-state index contributed by atoms with van der Waals surface area (Å²) in [4.78, 5) is 4.00. The molecule has 0 fully saturated rings. The molecular weight excluding hydrogens is 245 g/mol. The van der Waals surface area contributed by atoms with E-state index in [0.717, 1.165) is 25.2 Å². The molecule has 1 aromatic carbocycles. The summed E-state index contributed by atoms with van der Waals surface area (Å²) in [6.45, 7) is 2.21. The predicted molar refractivity (Wildman–Crippen MR) is 76.2 cm³/mol. The van der Waals surface area contributed by atoms with Crippen LogP contribution in [0.15, 0.2) is 18.2 Å². The van der Waals surface area contributed by atoms with E-state index in [9.17, 15) is 4.39 Å². The second kappa shape index (κ2) is 6.21. The SMILES string of the molecule is CN1C[C@@H](N)CCN(CCCO)c2c(F)cccc21. The average Bonchev–Trinajstić information content (AvgIpc) is 2.38. The van der Waals surface area contributed by atoms with Crippen LogP contribution in [0, 0.1) is 5.82 Å². The Hall–Kier alpha value is -1.33. The average molecular weight is 267 g/mol. The Bertz CT molecular complexity index is 427. The van der Waals surface area contributed by atoms with Gasteiger partial charge in [-0.05, 0) is 25.0 Å². The number of anilines is 2. The number of halogens is 1. The highest BCUT2D eigenvalue weighted by Crippen LogP contribution is 2.33. The summed E-state index contributed by atoms with van der Waals surface area (Å²) in [6.07, 6.45) is 1.45. The smallest absolute Gasteiger partial charge is 0.148 e. The molecule has 0 unspecified atom stereocenters. The van der Waals surface area contributed by atoms with Crippen LogP contribution in [-0.2, 0) is 0 Å². The van der Waals surface area contributed by atoms with Gasteiger partial charge in [0.25, 0.3) is 0 Å². The molecule has 0 saturated heterocycles. The van der Waals surface area contributed by atoms with Gasteiger partial charge >= 0.3 is 0 Å². The number of aliphatic hydroxyl groups excluding tert-OH is 1. The van der Waals surface area contributed by atoms with E-state index in [0.29, 0.717) is 18.7 Å². The van der Waals surface area contributed by atoms with Crippen LogP contribution in [0.25, 0.3) is 0 Å². The van der Waals surface area contributed by atoms with E-state index in [1.807, 2.05) is 22.9 Å². The highest BCUT2D eigenvalue weighted by Gasteiger charge is 2.22. The standard InChI is InChI=1S/C14H22FN3O/c1-17-10-11(16)6-8-18(7-3-9-19)14-12(15)4-2-5-13(14)17/h2,4-5,11,19H,3,6-10,16H2,1H3/t11-/m0/s1. The second-order valence-electron chi connectivity index (χ2n) is 5.10. The summed E-state index contributed by atoms with van der Waals surface area (Å²) in [5.74, 6) is -0.210. The Morgan fingerprint density at radius 1 is 1.47 bits per heavy atom. The quantitative estimate of drug-likeness (QED) is 0.863. The lowest BCUT2D eigenvalue weighted by molar-refractivity contribution is 0.289. The van der Waals surface area contributed by atoms with Crippen molar-refractivity contribution in [3.63, 3.8) is 0 Å². The molecule has 3 N–H and O–H groups in total. The van der Waals surface area contributed by atoms with Gasteiger partial charge in [-0.1, -0.05) is 6.07 Å². The molecule has 19 heavy (non-hydrogen) atoms. The molecule has 1 aromatic rings. The van der Waals surface area contributed by atoms with Gasteiger partial charge in [0.05, 0.1) is 11.4 Å². The summed E-state index contributed by atoms with van der Waals surface area (Å²) in [5, 5.41) is 8.99. The number of rotatable bonds is 3. The molecule has 106 valence electrons. The molecule has 1 atom stereocenters. The summed E-state index contributed by atoms with van der Waals surface area (Å²) in [5.41, 5.74) is 7.57. The number of nitrogens with zero attached hydrogens (tertiary/aromatic N) is 2. The molecular formula is C14H22FN3O. The first kappa shape index (κ1) is 14.1. The van der Waals surface area contributed by atoms with Crippen molar-refractivity contribution >= 4 is 11.4 Å². The van der Waals surface area contributed by atoms with Gasteiger partial charge in [0.1, 0.15) is 5.82 Å². The van der Waals surface area contributed by atoms with E-state index in [4.69, 9.17) is 10.8 Å². The molecule has 0 radical (unpaired) electrons. The third-order valence-electron chi connectivity index (χ3n) is 3.56. The number of hydrogen-bond acceptors (Lipinski definition) is 4. The fourth-order valence-corrected chi connectivity index (χ4v) is 2.59. The van der Waals surface area contributed by atoms with Crippen LogP contribution in [0.3, 0.4) is 0 Å². The van der Waals surface area contributed by atoms with Crippen molar-refractivity contribution in [3.05, 3.63) is 24.0 Å². The van der Waals surface area contributed by atoms with Gasteiger partial charge in [-0.2, -0.15) is 0 Å². The molecule has 5 heteroatoms. The Kier molecular flexibility index (Phi) is 4.61. The third kappa shape index (κ3) is 3.16. The van der Waals surface area contributed by atoms with Gasteiger partial charge in [-0.25, -0.2) is 4.39 Å². The maximum absolute atomic E-state index is 14.2. The largest absolute Gasteiger partial charge is 0.396 e. The zero-order valence-corrected chi connectivity index (χ0v) is 11.3. The molecule has 1 aliphatic heterocycles. The summed E-state index contributed by atoms with van der Waals surface area (Å²) in [6, 6.07) is 5.21. The first-order valence-electron chi connectivity index (χ1n) is 6.74. The summed E-state index contributed by atoms with van der Waals surface area (Å²) < 4.78 is 14.2. The molecule has 0 saturated carbocycles. The maximum atomic E-state index is 14.2. The first-order chi connectivity index (χ1) is 9.13. The predicted octanol–water partition coefficient (Wildman–Crippen LogP) is 1.18. The summed E-state index contributed by atoms with van der Waals surface area (Å²) >= 11 is 0. The number of nitrogens with two attached hydrogens (primary N) is 1. The third-order valence-corrected chi connectivity index (χ3v) is 3.56. The van der Waals surface area contributed by atoms with E-state index in [1.165, 1.54) is 6.07 Å². The molecule has 0 spiro atoms. The number of para-hydroxylation sites is 1. The minimum absolute atomic E-state index is 0.0815. The highest BCUT2D eigenvalue weighted by molar-refractivity contribution is 5.72. The number of hydrogen-bond donors (Lipinski definition) is 2. The van der Waals surface area contributed by atoms with Crippen LogP contribution in [0.4, 0.5) is 15.8 Å². The van der Waals surface area contributed by atoms with Crippen molar-refractivity contribution < 1.29 is 9.50 Å². The topological polar surface area (TPSA) is 52.7 Å². The van der Waals surface area contributed by atoms with Gasteiger partial charge < -0.3 is 20.6 Å². The van der Waals surface area contributed by atoms with E-state index in [1.54, 1.807) is 6.07 Å². The second-order valence-corrected chi connectivity index (χ2v) is 5.10. The van der Waals surface area contributed by atoms with E-state index >= 15 is 0 Å². The Morgan fingerprint density at radius 2 is 2.26 bits per heavy atom. The monoisotopic (exact) mass is 267 g/mol. The van der Waals surface area contributed by atoms with Crippen molar-refractivity contribution in [1.82, 2.24) is 0 Å². The zero-order chi connectivity index (χ0) is 13.8. The van der Waals surface area contributed by atoms with Gasteiger partial charge in [0.15, 0.2) is 0 Å². The number of benzene rings is 1. The van der Waals surface area contributed by atoms with Crippen molar-refractivity contribution in [3.8, 4) is 0 Å². The lowest BCUT2D eigenvalue weighted by Crippen LogP contribution is -2.42. The lowest BCUT2D eigenvalue weighted by Gasteiger charge is -2.35. The van der Waals surface area contributed by atoms with Gasteiger partial charge in [0.2, 0.25) is 0 Å². The van der Waals surface area contributed by atoms with Crippen molar-refractivity contribution in [2.45, 2.75) is 18.9 Å². The fraction of sp³-hybridized carbons (Fsp3) is 0.571. The van der Waals surface area contributed by atoms with Crippen LogP contribution < -0.4 is 15.5 Å². The zero-order valence-electron chi connectivity index (χ0n) is 11.3. The first-order valence-corrected chi connectivity index (χ1v) is 6.74. The number of fused-ring (bicyclic) bond motifs is 1. The maximum Gasteiger partial charge on any atom is 0.148 e. The Balaban J connectivity index is 2.37. The van der Waals surface area contributed by atoms with Crippen LogP contribution in [0.2, 0.25) is 0 Å². The van der Waals surface area contributed by atoms with Crippen LogP contribution in [0.1, 0.15) is 12.8 Å². The molecule has 1 aliphatic rings. The van der Waals surface area contributed by atoms with Crippen molar-refractivity contribution in [2.24, 2.45) is 5.73 Å². The molecule has 0 bridgehead atoms. The number of likely N-dealkylation sites (N-methyl/N-ethyl adjacent to an activating group) is 1. The lowest BCUT2D eigenvalue weighted by atomic mass is 10.1. The minimum Gasteiger partial charge on any atom is -0.396 e. The van der Waals surface area contributed by atoms with Crippen molar-refractivity contribution in [1.29, 1.82) is 0 Å². The van der Waals surface area contributed by atoms with Crippen molar-refractivity contribution in [2.75, 3.05) is 43.1 Å². The van der Waals surface area contributed by atoms with Crippen LogP contribution >= 0.6 is 0 Å². The van der Waals surface area contributed by atoms with Gasteiger partial charge in [0, 0.05) is 39.3 Å². The summed E-state index contributed by atoms with van der Waals surface area (Å²) in [7, 11) is 1.94.